The Balaban J connectivity index is 2.62. The molecular formula is C15H19N3S. The summed E-state index contributed by atoms with van der Waals surface area (Å²) in [7, 11) is 0. The van der Waals surface area contributed by atoms with Crippen molar-refractivity contribution >= 4 is 27.8 Å². The third kappa shape index (κ3) is 3.07. The van der Waals surface area contributed by atoms with Crippen LogP contribution in [0.1, 0.15) is 31.0 Å². The fourth-order valence-corrected chi connectivity index (χ4v) is 3.09. The number of nitrogens with one attached hydrogen (secondary N) is 1. The van der Waals surface area contributed by atoms with Gasteiger partial charge >= 0.3 is 0 Å². The number of fused-ring (bicyclic) bond motifs is 1. The second-order valence-corrected chi connectivity index (χ2v) is 5.64. The lowest BCUT2D eigenvalue weighted by atomic mass is 10.0. The molecule has 0 aliphatic heterocycles. The van der Waals surface area contributed by atoms with Crippen LogP contribution in [0.25, 0.3) is 10.9 Å². The Hall–Kier alpha value is -1.55. The third-order valence-electron chi connectivity index (χ3n) is 3.14. The second-order valence-electron chi connectivity index (χ2n) is 4.59. The molecule has 2 aromatic rings. The Morgan fingerprint density at radius 3 is 2.79 bits per heavy atom. The van der Waals surface area contributed by atoms with E-state index < -0.39 is 0 Å². The zero-order valence-corrected chi connectivity index (χ0v) is 12.2. The molecule has 19 heavy (non-hydrogen) atoms. The van der Waals surface area contributed by atoms with Gasteiger partial charge in [0, 0.05) is 16.0 Å². The first-order chi connectivity index (χ1) is 9.13. The van der Waals surface area contributed by atoms with Crippen LogP contribution in [0.5, 0.6) is 0 Å². The van der Waals surface area contributed by atoms with Gasteiger partial charge in [0.05, 0.1) is 5.52 Å². The highest BCUT2D eigenvalue weighted by Gasteiger charge is 2.13. The van der Waals surface area contributed by atoms with Crippen molar-refractivity contribution in [2.75, 3.05) is 0 Å². The number of benzene rings is 1. The molecule has 0 saturated carbocycles. The summed E-state index contributed by atoms with van der Waals surface area (Å²) < 4.78 is 0. The Morgan fingerprint density at radius 2 is 2.11 bits per heavy atom. The van der Waals surface area contributed by atoms with Crippen LogP contribution in [0.2, 0.25) is 0 Å². The standard InChI is InChI=1S/C15H19N3S/c1-3-4-7-11-10(2)18-13-9-6-5-8-12(13)14(11)19-15(16)17/h5-6,8-9H,3-4,7H2,1-2H3,(H3,16,17). The first-order valence-electron chi connectivity index (χ1n) is 6.53. The van der Waals surface area contributed by atoms with Gasteiger partial charge in [-0.1, -0.05) is 43.3 Å². The molecule has 100 valence electrons. The molecule has 0 saturated heterocycles. The number of nitrogens with zero attached hydrogens (tertiary/aromatic N) is 1. The molecule has 3 nitrogen and oxygen atoms in total. The van der Waals surface area contributed by atoms with E-state index in [0.717, 1.165) is 40.8 Å². The van der Waals surface area contributed by atoms with E-state index >= 15 is 0 Å². The summed E-state index contributed by atoms with van der Waals surface area (Å²) in [6, 6.07) is 8.06. The maximum Gasteiger partial charge on any atom is 0.155 e. The monoisotopic (exact) mass is 273 g/mol. The van der Waals surface area contributed by atoms with E-state index in [9.17, 15) is 0 Å². The Labute approximate surface area is 118 Å². The molecule has 0 spiro atoms. The van der Waals surface area contributed by atoms with Gasteiger partial charge in [0.25, 0.3) is 0 Å². The van der Waals surface area contributed by atoms with Crippen molar-refractivity contribution < 1.29 is 0 Å². The fraction of sp³-hybridized carbons (Fsp3) is 0.333. The van der Waals surface area contributed by atoms with Crippen LogP contribution < -0.4 is 5.73 Å². The summed E-state index contributed by atoms with van der Waals surface area (Å²) in [5.74, 6) is 0. The number of para-hydroxylation sites is 1. The number of unbranched alkanes of at least 4 members (excludes halogenated alkanes) is 1. The summed E-state index contributed by atoms with van der Waals surface area (Å²) >= 11 is 1.34. The molecule has 0 radical (unpaired) electrons. The third-order valence-corrected chi connectivity index (χ3v) is 4.03. The van der Waals surface area contributed by atoms with Crippen LogP contribution in [0.15, 0.2) is 29.2 Å². The summed E-state index contributed by atoms with van der Waals surface area (Å²) in [6.45, 7) is 4.23. The van der Waals surface area contributed by atoms with Gasteiger partial charge in [0.1, 0.15) is 0 Å². The molecule has 1 aromatic heterocycles. The predicted molar refractivity (Wildman–Crippen MR) is 82.9 cm³/mol. The molecule has 4 heteroatoms. The van der Waals surface area contributed by atoms with E-state index in [-0.39, 0.29) is 5.17 Å². The van der Waals surface area contributed by atoms with Crippen LogP contribution >= 0.6 is 11.8 Å². The van der Waals surface area contributed by atoms with Gasteiger partial charge in [0.15, 0.2) is 5.17 Å². The van der Waals surface area contributed by atoms with E-state index in [1.807, 2.05) is 25.1 Å². The van der Waals surface area contributed by atoms with Crippen molar-refractivity contribution in [3.05, 3.63) is 35.5 Å². The number of rotatable bonds is 4. The number of nitrogens with two attached hydrogens (primary N) is 1. The molecule has 0 fully saturated rings. The average molecular weight is 273 g/mol. The van der Waals surface area contributed by atoms with E-state index in [0.29, 0.717) is 0 Å². The molecule has 0 aliphatic carbocycles. The summed E-state index contributed by atoms with van der Waals surface area (Å²) in [6.07, 6.45) is 3.28. The van der Waals surface area contributed by atoms with E-state index in [1.165, 1.54) is 17.3 Å². The van der Waals surface area contributed by atoms with Gasteiger partial charge < -0.3 is 5.73 Å². The van der Waals surface area contributed by atoms with Gasteiger partial charge in [-0.3, -0.25) is 10.4 Å². The van der Waals surface area contributed by atoms with Crippen molar-refractivity contribution in [3.63, 3.8) is 0 Å². The Kier molecular flexibility index (Phi) is 4.43. The van der Waals surface area contributed by atoms with Gasteiger partial charge in [-0.25, -0.2) is 0 Å². The molecule has 3 N–H and O–H groups in total. The van der Waals surface area contributed by atoms with Crippen LogP contribution in [0, 0.1) is 12.3 Å². The van der Waals surface area contributed by atoms with Crippen molar-refractivity contribution in [2.24, 2.45) is 5.73 Å². The summed E-state index contributed by atoms with van der Waals surface area (Å²) in [4.78, 5) is 5.77. The molecule has 1 aromatic carbocycles. The number of hydrogen-bond acceptors (Lipinski definition) is 3. The largest absolute Gasteiger partial charge is 0.378 e. The first kappa shape index (κ1) is 13.9. The van der Waals surface area contributed by atoms with Crippen molar-refractivity contribution in [3.8, 4) is 0 Å². The van der Waals surface area contributed by atoms with E-state index in [2.05, 4.69) is 18.0 Å². The molecule has 0 aliphatic rings. The highest BCUT2D eigenvalue weighted by Crippen LogP contribution is 2.33. The number of hydrogen-bond donors (Lipinski definition) is 2. The summed E-state index contributed by atoms with van der Waals surface area (Å²) in [5, 5.41) is 8.80. The van der Waals surface area contributed by atoms with Gasteiger partial charge in [-0.05, 0) is 31.4 Å². The number of amidine groups is 1. The SMILES string of the molecule is CCCCc1c(C)nc2ccccc2c1SC(=N)N. The van der Waals surface area contributed by atoms with Gasteiger partial charge in [-0.15, -0.1) is 0 Å². The maximum atomic E-state index is 7.57. The number of thioether (sulfide) groups is 1. The first-order valence-corrected chi connectivity index (χ1v) is 7.35. The lowest BCUT2D eigenvalue weighted by molar-refractivity contribution is 0.778. The normalized spacial score (nSPS) is 10.8. The van der Waals surface area contributed by atoms with Crippen molar-refractivity contribution in [1.82, 2.24) is 4.98 Å². The van der Waals surface area contributed by atoms with E-state index in [4.69, 9.17) is 11.1 Å². The van der Waals surface area contributed by atoms with Crippen LogP contribution in [-0.4, -0.2) is 10.2 Å². The van der Waals surface area contributed by atoms with Crippen LogP contribution in [0.4, 0.5) is 0 Å². The maximum absolute atomic E-state index is 7.57. The molecule has 0 unspecified atom stereocenters. The number of aromatic nitrogens is 1. The quantitative estimate of drug-likeness (QED) is 0.505. The van der Waals surface area contributed by atoms with E-state index in [1.54, 1.807) is 0 Å². The number of pyridine rings is 1. The zero-order valence-electron chi connectivity index (χ0n) is 11.4. The molecular weight excluding hydrogens is 254 g/mol. The van der Waals surface area contributed by atoms with Crippen molar-refractivity contribution in [2.45, 2.75) is 38.0 Å². The Bertz CT molecular complexity index is 608. The summed E-state index contributed by atoms with van der Waals surface area (Å²) in [5.41, 5.74) is 8.85. The average Bonchev–Trinajstić information content (AvgIpc) is 2.37. The molecule has 0 amide bonds. The topological polar surface area (TPSA) is 62.8 Å². The fourth-order valence-electron chi connectivity index (χ4n) is 2.21. The second kappa shape index (κ2) is 6.06. The predicted octanol–water partition coefficient (Wildman–Crippen LogP) is 3.87. The van der Waals surface area contributed by atoms with Gasteiger partial charge in [-0.2, -0.15) is 0 Å². The highest BCUT2D eigenvalue weighted by molar-refractivity contribution is 8.13. The molecule has 0 atom stereocenters. The number of aryl methyl sites for hydroxylation is 1. The minimum absolute atomic E-state index is 0.133. The minimum Gasteiger partial charge on any atom is -0.378 e. The zero-order chi connectivity index (χ0) is 13.8. The molecule has 0 bridgehead atoms. The molecule has 1 heterocycles. The lowest BCUT2D eigenvalue weighted by Crippen LogP contribution is -2.06. The van der Waals surface area contributed by atoms with Crippen molar-refractivity contribution in [1.29, 1.82) is 5.41 Å². The highest BCUT2D eigenvalue weighted by atomic mass is 32.2. The van der Waals surface area contributed by atoms with Gasteiger partial charge in [0.2, 0.25) is 0 Å². The van der Waals surface area contributed by atoms with Crippen LogP contribution in [-0.2, 0) is 6.42 Å². The Morgan fingerprint density at radius 1 is 1.37 bits per heavy atom. The molecule has 2 rings (SSSR count). The minimum atomic E-state index is 0.133. The lowest BCUT2D eigenvalue weighted by Gasteiger charge is -2.14. The van der Waals surface area contributed by atoms with Crippen LogP contribution in [0.3, 0.4) is 0 Å². The smallest absolute Gasteiger partial charge is 0.155 e.